The number of nitrogens with one attached hydrogen (secondary N) is 4. The molecule has 2 aliphatic heterocycles. The van der Waals surface area contributed by atoms with Gasteiger partial charge in [0.15, 0.2) is 0 Å². The number of hydrogen-bond acceptors (Lipinski definition) is 5. The van der Waals surface area contributed by atoms with Crippen molar-refractivity contribution in [2.75, 3.05) is 18.9 Å². The molecule has 4 amide bonds. The molecule has 0 bridgehead atoms. The highest BCUT2D eigenvalue weighted by Crippen LogP contribution is 2.33. The molecule has 8 nitrogen and oxygen atoms in total. The molecule has 5 N–H and O–H groups in total. The Kier molecular flexibility index (Phi) is 14.9. The van der Waals surface area contributed by atoms with Crippen molar-refractivity contribution in [2.24, 2.45) is 0 Å². The highest BCUT2D eigenvalue weighted by atomic mass is 32.2. The summed E-state index contributed by atoms with van der Waals surface area (Å²) in [5, 5.41) is 21.4. The van der Waals surface area contributed by atoms with Crippen LogP contribution in [0.5, 0.6) is 0 Å². The van der Waals surface area contributed by atoms with E-state index in [1.807, 2.05) is 17.8 Å². The molecule has 200 valence electrons. The van der Waals surface area contributed by atoms with Crippen LogP contribution in [-0.2, 0) is 9.59 Å². The van der Waals surface area contributed by atoms with Gasteiger partial charge >= 0.3 is 6.03 Å². The number of allylic oxidation sites excluding steroid dienone is 1. The smallest absolute Gasteiger partial charge is 0.315 e. The quantitative estimate of drug-likeness (QED) is 0.104. The molecule has 0 aromatic carbocycles. The molecule has 4 unspecified atom stereocenters. The summed E-state index contributed by atoms with van der Waals surface area (Å²) in [5.74, 6) is 1.04. The van der Waals surface area contributed by atoms with Gasteiger partial charge in [0.25, 0.3) is 0 Å². The number of thioether (sulfide) groups is 1. The van der Waals surface area contributed by atoms with E-state index in [1.165, 1.54) is 39.0 Å². The Morgan fingerprint density at radius 2 is 1.80 bits per heavy atom. The van der Waals surface area contributed by atoms with Crippen LogP contribution in [-0.4, -0.2) is 65.2 Å². The second-order valence-electron chi connectivity index (χ2n) is 9.77. The van der Waals surface area contributed by atoms with E-state index in [-0.39, 0.29) is 42.6 Å². The molecular formula is C26H46N4O4S. The molecule has 2 fully saturated rings. The number of urea groups is 1. The van der Waals surface area contributed by atoms with Gasteiger partial charge in [0.2, 0.25) is 11.8 Å². The highest BCUT2D eigenvalue weighted by Gasteiger charge is 2.42. The second kappa shape index (κ2) is 17.7. The van der Waals surface area contributed by atoms with Gasteiger partial charge in [-0.2, -0.15) is 11.8 Å². The first kappa shape index (κ1) is 29.5. The number of amides is 4. The minimum absolute atomic E-state index is 0.0326. The lowest BCUT2D eigenvalue weighted by molar-refractivity contribution is -0.121. The molecule has 0 saturated carbocycles. The van der Waals surface area contributed by atoms with Gasteiger partial charge in [-0.3, -0.25) is 9.59 Å². The van der Waals surface area contributed by atoms with Gasteiger partial charge in [0.1, 0.15) is 0 Å². The van der Waals surface area contributed by atoms with Crippen molar-refractivity contribution in [3.05, 3.63) is 12.2 Å². The fourth-order valence-electron chi connectivity index (χ4n) is 4.71. The summed E-state index contributed by atoms with van der Waals surface area (Å²) in [4.78, 5) is 34.5. The lowest BCUT2D eigenvalue weighted by atomic mass is 10.0. The van der Waals surface area contributed by atoms with Gasteiger partial charge in [-0.25, -0.2) is 4.79 Å². The number of aliphatic hydroxyl groups is 1. The van der Waals surface area contributed by atoms with Gasteiger partial charge in [-0.1, -0.05) is 50.7 Å². The van der Waals surface area contributed by atoms with Crippen LogP contribution in [0.1, 0.15) is 90.4 Å². The Morgan fingerprint density at radius 1 is 1.06 bits per heavy atom. The number of fused-ring (bicyclic) bond motifs is 1. The highest BCUT2D eigenvalue weighted by molar-refractivity contribution is 8.00. The molecule has 9 heteroatoms. The maximum absolute atomic E-state index is 12.0. The summed E-state index contributed by atoms with van der Waals surface area (Å²) in [5.41, 5.74) is 0. The van der Waals surface area contributed by atoms with Gasteiger partial charge in [0.05, 0.1) is 24.7 Å². The van der Waals surface area contributed by atoms with Crippen molar-refractivity contribution in [2.45, 2.75) is 114 Å². The molecule has 2 heterocycles. The Hall–Kier alpha value is -1.74. The van der Waals surface area contributed by atoms with Crippen LogP contribution >= 0.6 is 11.8 Å². The van der Waals surface area contributed by atoms with Gasteiger partial charge in [0, 0.05) is 30.9 Å². The van der Waals surface area contributed by atoms with Crippen LogP contribution in [0.3, 0.4) is 0 Å². The van der Waals surface area contributed by atoms with E-state index in [1.54, 1.807) is 0 Å². The number of rotatable bonds is 19. The molecule has 35 heavy (non-hydrogen) atoms. The van der Waals surface area contributed by atoms with Gasteiger partial charge in [-0.05, 0) is 38.5 Å². The van der Waals surface area contributed by atoms with Crippen LogP contribution in [0.15, 0.2) is 12.2 Å². The maximum Gasteiger partial charge on any atom is 0.315 e. The standard InChI is InChI=1S/C26H46N4O4S/c1-20(32)28-21(18-31)14-10-8-6-4-2-3-5-7-9-13-17-27-24(33)16-12-11-15-23-25-22(19-35-23)29-26(34)30-25/h8,10,21-23,25,31H,2-7,9,11-19H2,1H3,(H,27,33)(H,28,32)(H2,29,30,34)/b10-8+. The molecule has 4 atom stereocenters. The minimum atomic E-state index is -0.182. The molecular weight excluding hydrogens is 464 g/mol. The Balaban J connectivity index is 1.32. The van der Waals surface area contributed by atoms with Crippen molar-refractivity contribution in [3.8, 4) is 0 Å². The predicted octanol–water partition coefficient (Wildman–Crippen LogP) is 3.39. The molecule has 2 rings (SSSR count). The first-order chi connectivity index (χ1) is 17.0. The Labute approximate surface area is 215 Å². The normalized spacial score (nSPS) is 22.0. The average Bonchev–Trinajstić information content (AvgIpc) is 3.37. The zero-order valence-corrected chi connectivity index (χ0v) is 22.2. The molecule has 0 aromatic heterocycles. The first-order valence-corrected chi connectivity index (χ1v) is 14.5. The lowest BCUT2D eigenvalue weighted by Crippen LogP contribution is -2.36. The van der Waals surface area contributed by atoms with E-state index >= 15 is 0 Å². The van der Waals surface area contributed by atoms with E-state index in [4.69, 9.17) is 0 Å². The largest absolute Gasteiger partial charge is 0.394 e. The summed E-state index contributed by atoms with van der Waals surface area (Å²) < 4.78 is 0. The number of hydrogen-bond donors (Lipinski definition) is 5. The van der Waals surface area contributed by atoms with Crippen molar-refractivity contribution < 1.29 is 19.5 Å². The summed E-state index contributed by atoms with van der Waals surface area (Å²) in [6.07, 6.45) is 17.8. The van der Waals surface area contributed by atoms with Crippen molar-refractivity contribution >= 4 is 29.6 Å². The van der Waals surface area contributed by atoms with E-state index in [9.17, 15) is 19.5 Å². The first-order valence-electron chi connectivity index (χ1n) is 13.5. The molecule has 2 aliphatic rings. The molecule has 0 radical (unpaired) electrons. The van der Waals surface area contributed by atoms with E-state index in [2.05, 4.69) is 27.3 Å². The zero-order chi connectivity index (χ0) is 25.3. The van der Waals surface area contributed by atoms with Crippen molar-refractivity contribution in [1.82, 2.24) is 21.3 Å². The van der Waals surface area contributed by atoms with Crippen LogP contribution in [0.2, 0.25) is 0 Å². The van der Waals surface area contributed by atoms with Crippen LogP contribution < -0.4 is 21.3 Å². The third-order valence-corrected chi connectivity index (χ3v) is 8.17. The van der Waals surface area contributed by atoms with Gasteiger partial charge < -0.3 is 26.4 Å². The van der Waals surface area contributed by atoms with Crippen molar-refractivity contribution in [1.29, 1.82) is 0 Å². The third-order valence-electron chi connectivity index (χ3n) is 6.67. The Bertz CT molecular complexity index is 676. The number of carbonyl (C=O) groups is 3. The lowest BCUT2D eigenvalue weighted by Gasteiger charge is -2.16. The third kappa shape index (κ3) is 12.7. The predicted molar refractivity (Wildman–Crippen MR) is 142 cm³/mol. The monoisotopic (exact) mass is 510 g/mol. The van der Waals surface area contributed by atoms with E-state index in [0.29, 0.717) is 18.1 Å². The Morgan fingerprint density at radius 3 is 2.54 bits per heavy atom. The van der Waals surface area contributed by atoms with E-state index < -0.39 is 0 Å². The van der Waals surface area contributed by atoms with Crippen LogP contribution in [0, 0.1) is 0 Å². The maximum atomic E-state index is 12.0. The summed E-state index contributed by atoms with van der Waals surface area (Å²) in [6.45, 7) is 2.21. The number of aliphatic hydroxyl groups excluding tert-OH is 1. The second-order valence-corrected chi connectivity index (χ2v) is 11.0. The van der Waals surface area contributed by atoms with Gasteiger partial charge in [-0.15, -0.1) is 0 Å². The molecule has 0 spiro atoms. The fourth-order valence-corrected chi connectivity index (χ4v) is 6.25. The SMILES string of the molecule is CC(=O)NC(CO)C/C=C/CCCCCCCCCNC(=O)CCCCC1SCC2NC(=O)NC21. The summed E-state index contributed by atoms with van der Waals surface area (Å²) in [7, 11) is 0. The number of carbonyl (C=O) groups excluding carboxylic acids is 3. The minimum Gasteiger partial charge on any atom is -0.394 e. The summed E-state index contributed by atoms with van der Waals surface area (Å²) >= 11 is 1.93. The van der Waals surface area contributed by atoms with E-state index in [0.717, 1.165) is 50.8 Å². The fraction of sp³-hybridized carbons (Fsp3) is 0.808. The van der Waals surface area contributed by atoms with Crippen LogP contribution in [0.25, 0.3) is 0 Å². The topological polar surface area (TPSA) is 120 Å². The summed E-state index contributed by atoms with van der Waals surface area (Å²) in [6, 6.07) is 0.310. The molecule has 0 aliphatic carbocycles. The zero-order valence-electron chi connectivity index (χ0n) is 21.4. The average molecular weight is 511 g/mol. The van der Waals surface area contributed by atoms with Crippen molar-refractivity contribution in [3.63, 3.8) is 0 Å². The molecule has 2 saturated heterocycles. The van der Waals surface area contributed by atoms with Crippen LogP contribution in [0.4, 0.5) is 4.79 Å². The number of unbranched alkanes of at least 4 members (excludes halogenated alkanes) is 8. The molecule has 0 aromatic rings.